The van der Waals surface area contributed by atoms with Gasteiger partial charge in [0.05, 0.1) is 5.41 Å². The van der Waals surface area contributed by atoms with Gasteiger partial charge in [0.2, 0.25) is 5.91 Å². The summed E-state index contributed by atoms with van der Waals surface area (Å²) in [4.78, 5) is 15.9. The lowest BCUT2D eigenvalue weighted by Crippen LogP contribution is -2.54. The second-order valence-electron chi connectivity index (χ2n) is 8.32. The highest BCUT2D eigenvalue weighted by Gasteiger charge is 2.55. The Balaban J connectivity index is 1.45. The molecule has 0 radical (unpaired) electrons. The summed E-state index contributed by atoms with van der Waals surface area (Å²) in [5.41, 5.74) is 0.0566. The van der Waals surface area contributed by atoms with Gasteiger partial charge in [0, 0.05) is 18.4 Å². The van der Waals surface area contributed by atoms with Gasteiger partial charge in [-0.2, -0.15) is 0 Å². The summed E-state index contributed by atoms with van der Waals surface area (Å²) in [6.07, 6.45) is 10.4. The molecule has 5 rings (SSSR count). The predicted molar refractivity (Wildman–Crippen MR) is 83.7 cm³/mol. The summed E-state index contributed by atoms with van der Waals surface area (Å²) in [5.74, 6) is 3.84. The summed E-state index contributed by atoms with van der Waals surface area (Å²) < 4.78 is 0. The lowest BCUT2D eigenvalue weighted by molar-refractivity contribution is -0.157. The fraction of sp³-hybridized carbons (Fsp3) is 0.941. The number of hydrogen-bond donors (Lipinski definition) is 0. The van der Waals surface area contributed by atoms with Crippen molar-refractivity contribution < 1.29 is 4.79 Å². The highest BCUT2D eigenvalue weighted by atomic mass is 79.9. The van der Waals surface area contributed by atoms with Crippen LogP contribution in [0.2, 0.25) is 0 Å². The van der Waals surface area contributed by atoms with E-state index in [-0.39, 0.29) is 5.41 Å². The fourth-order valence-corrected chi connectivity index (χ4v) is 7.11. The second-order valence-corrected chi connectivity index (χ2v) is 9.61. The molecule has 5 aliphatic carbocycles. The molecule has 0 aromatic rings. The third kappa shape index (κ3) is 2.15. The van der Waals surface area contributed by atoms with Crippen molar-refractivity contribution in [3.8, 4) is 0 Å². The van der Waals surface area contributed by atoms with E-state index in [9.17, 15) is 4.79 Å². The van der Waals surface area contributed by atoms with Gasteiger partial charge in [-0.3, -0.25) is 4.79 Å². The molecule has 0 aliphatic heterocycles. The monoisotopic (exact) mass is 339 g/mol. The predicted octanol–water partition coefficient (Wildman–Crippen LogP) is 3.83. The molecule has 0 N–H and O–H groups in total. The molecule has 112 valence electrons. The summed E-state index contributed by atoms with van der Waals surface area (Å²) in [7, 11) is 2.06. The molecule has 0 atom stereocenters. The third-order valence-corrected chi connectivity index (χ3v) is 7.30. The molecular formula is C17H26BrNO. The van der Waals surface area contributed by atoms with Gasteiger partial charge < -0.3 is 4.90 Å². The molecule has 0 heterocycles. The van der Waals surface area contributed by atoms with Crippen molar-refractivity contribution in [2.45, 2.75) is 56.2 Å². The standard InChI is InChI=1S/C17H26BrNO/c1-19(10-14-5-15(18)6-14)16(20)17-7-11-2-12(8-17)4-13(3-11)9-17/h11-15H,2-10H2,1H3. The summed E-state index contributed by atoms with van der Waals surface area (Å²) in [6.45, 7) is 0.989. The summed E-state index contributed by atoms with van der Waals surface area (Å²) >= 11 is 3.66. The van der Waals surface area contributed by atoms with Gasteiger partial charge in [0.1, 0.15) is 0 Å². The van der Waals surface area contributed by atoms with Crippen LogP contribution in [0.5, 0.6) is 0 Å². The minimum Gasteiger partial charge on any atom is -0.345 e. The quantitative estimate of drug-likeness (QED) is 0.715. The maximum atomic E-state index is 13.1. The lowest BCUT2D eigenvalue weighted by Gasteiger charge is -2.56. The maximum Gasteiger partial charge on any atom is 0.228 e. The van der Waals surface area contributed by atoms with E-state index in [1.54, 1.807) is 0 Å². The van der Waals surface area contributed by atoms with Gasteiger partial charge in [-0.05, 0) is 75.0 Å². The number of carbonyl (C=O) groups is 1. The Kier molecular flexibility index (Phi) is 3.21. The van der Waals surface area contributed by atoms with Crippen LogP contribution in [-0.2, 0) is 4.79 Å². The molecular weight excluding hydrogens is 314 g/mol. The first-order valence-electron chi connectivity index (χ1n) is 8.44. The van der Waals surface area contributed by atoms with E-state index in [1.165, 1.54) is 51.4 Å². The van der Waals surface area contributed by atoms with E-state index in [2.05, 4.69) is 27.9 Å². The number of halogens is 1. The number of rotatable bonds is 3. The topological polar surface area (TPSA) is 20.3 Å². The SMILES string of the molecule is CN(CC1CC(Br)C1)C(=O)C12CC3CC(CC(C3)C1)C2. The Morgan fingerprint density at radius 3 is 2.00 bits per heavy atom. The fourth-order valence-electron chi connectivity index (χ4n) is 6.05. The van der Waals surface area contributed by atoms with Crippen molar-refractivity contribution in [3.05, 3.63) is 0 Å². The molecule has 1 amide bonds. The zero-order chi connectivity index (χ0) is 13.9. The smallest absolute Gasteiger partial charge is 0.228 e. The molecule has 0 aromatic carbocycles. The first kappa shape index (κ1) is 13.6. The second kappa shape index (κ2) is 4.72. The van der Waals surface area contributed by atoms with Gasteiger partial charge >= 0.3 is 0 Å². The van der Waals surface area contributed by atoms with Gasteiger partial charge in [-0.25, -0.2) is 0 Å². The molecule has 2 nitrogen and oxygen atoms in total. The lowest BCUT2D eigenvalue weighted by atomic mass is 9.49. The first-order chi connectivity index (χ1) is 9.54. The van der Waals surface area contributed by atoms with Crippen molar-refractivity contribution in [2.24, 2.45) is 29.1 Å². The van der Waals surface area contributed by atoms with Crippen molar-refractivity contribution >= 4 is 21.8 Å². The van der Waals surface area contributed by atoms with Crippen LogP contribution < -0.4 is 0 Å². The van der Waals surface area contributed by atoms with Crippen LogP contribution in [0, 0.1) is 29.1 Å². The van der Waals surface area contributed by atoms with Crippen LogP contribution in [0.4, 0.5) is 0 Å². The minimum atomic E-state index is 0.0566. The van der Waals surface area contributed by atoms with Crippen LogP contribution in [0.25, 0.3) is 0 Å². The Bertz CT molecular complexity index is 380. The van der Waals surface area contributed by atoms with Crippen LogP contribution in [0.3, 0.4) is 0 Å². The van der Waals surface area contributed by atoms with Gasteiger partial charge in [-0.1, -0.05) is 15.9 Å². The maximum absolute atomic E-state index is 13.1. The van der Waals surface area contributed by atoms with E-state index in [1.807, 2.05) is 0 Å². The third-order valence-electron chi connectivity index (χ3n) is 6.55. The Labute approximate surface area is 130 Å². The zero-order valence-corrected chi connectivity index (χ0v) is 14.1. The average Bonchev–Trinajstić information content (AvgIpc) is 2.34. The molecule has 5 aliphatic rings. The molecule has 0 saturated heterocycles. The van der Waals surface area contributed by atoms with Crippen LogP contribution in [-0.4, -0.2) is 29.2 Å². The zero-order valence-electron chi connectivity index (χ0n) is 12.5. The molecule has 4 bridgehead atoms. The number of nitrogens with zero attached hydrogens (tertiary/aromatic N) is 1. The molecule has 3 heteroatoms. The van der Waals surface area contributed by atoms with Crippen LogP contribution in [0.15, 0.2) is 0 Å². The van der Waals surface area contributed by atoms with Crippen molar-refractivity contribution in [1.29, 1.82) is 0 Å². The van der Waals surface area contributed by atoms with E-state index in [4.69, 9.17) is 0 Å². The van der Waals surface area contributed by atoms with Crippen LogP contribution >= 0.6 is 15.9 Å². The van der Waals surface area contributed by atoms with E-state index < -0.39 is 0 Å². The minimum absolute atomic E-state index is 0.0566. The number of carbonyl (C=O) groups excluding carboxylic acids is 1. The average molecular weight is 340 g/mol. The van der Waals surface area contributed by atoms with E-state index >= 15 is 0 Å². The Morgan fingerprint density at radius 2 is 1.55 bits per heavy atom. The van der Waals surface area contributed by atoms with E-state index in [0.29, 0.717) is 10.7 Å². The molecule has 5 fully saturated rings. The molecule has 0 aromatic heterocycles. The molecule has 0 unspecified atom stereocenters. The summed E-state index contributed by atoms with van der Waals surface area (Å²) in [6, 6.07) is 0. The van der Waals surface area contributed by atoms with Gasteiger partial charge in [0.15, 0.2) is 0 Å². The highest BCUT2D eigenvalue weighted by Crippen LogP contribution is 2.60. The van der Waals surface area contributed by atoms with Crippen molar-refractivity contribution in [1.82, 2.24) is 4.90 Å². The molecule has 0 spiro atoms. The van der Waals surface area contributed by atoms with Crippen LogP contribution in [0.1, 0.15) is 51.4 Å². The first-order valence-corrected chi connectivity index (χ1v) is 9.35. The number of alkyl halides is 1. The Morgan fingerprint density at radius 1 is 1.05 bits per heavy atom. The highest BCUT2D eigenvalue weighted by molar-refractivity contribution is 9.09. The molecule has 20 heavy (non-hydrogen) atoms. The van der Waals surface area contributed by atoms with Gasteiger partial charge in [-0.15, -0.1) is 0 Å². The number of hydrogen-bond acceptors (Lipinski definition) is 1. The van der Waals surface area contributed by atoms with Crippen molar-refractivity contribution in [3.63, 3.8) is 0 Å². The normalized spacial score (nSPS) is 49.0. The Hall–Kier alpha value is -0.0500. The van der Waals surface area contributed by atoms with Crippen molar-refractivity contribution in [2.75, 3.05) is 13.6 Å². The largest absolute Gasteiger partial charge is 0.345 e. The molecule has 5 saturated carbocycles. The van der Waals surface area contributed by atoms with E-state index in [0.717, 1.165) is 30.2 Å². The van der Waals surface area contributed by atoms with Gasteiger partial charge in [0.25, 0.3) is 0 Å². The summed E-state index contributed by atoms with van der Waals surface area (Å²) in [5, 5.41) is 0. The number of amides is 1.